The monoisotopic (exact) mass is 248 g/mol. The van der Waals surface area contributed by atoms with Gasteiger partial charge in [0.1, 0.15) is 12.1 Å². The Morgan fingerprint density at radius 2 is 2.11 bits per heavy atom. The summed E-state index contributed by atoms with van der Waals surface area (Å²) in [5, 5.41) is 5.87. The Morgan fingerprint density at radius 1 is 1.28 bits per heavy atom. The lowest BCUT2D eigenvalue weighted by molar-refractivity contribution is -0.120. The van der Waals surface area contributed by atoms with E-state index in [0.29, 0.717) is 13.0 Å². The van der Waals surface area contributed by atoms with Gasteiger partial charge < -0.3 is 10.6 Å². The van der Waals surface area contributed by atoms with Crippen molar-refractivity contribution in [3.05, 3.63) is 17.6 Å². The molecule has 0 radical (unpaired) electrons. The number of fused-ring (bicyclic) bond motifs is 1. The lowest BCUT2D eigenvalue weighted by Gasteiger charge is -2.11. The van der Waals surface area contributed by atoms with Gasteiger partial charge in [-0.15, -0.1) is 0 Å². The molecule has 98 valence electrons. The quantitative estimate of drug-likeness (QED) is 0.788. The molecule has 1 aromatic heterocycles. The number of aryl methyl sites for hydroxylation is 1. The molecular formula is C13H20N4O. The van der Waals surface area contributed by atoms with E-state index in [1.165, 1.54) is 30.5 Å². The lowest BCUT2D eigenvalue weighted by Crippen LogP contribution is -2.21. The molecule has 0 fully saturated rings. The predicted molar refractivity (Wildman–Crippen MR) is 70.5 cm³/mol. The molecule has 2 rings (SSSR count). The van der Waals surface area contributed by atoms with Crippen molar-refractivity contribution in [2.45, 2.75) is 38.5 Å². The SMILES string of the molecule is CNC(=O)CCNc1ncnc2c1CCCCC2. The summed E-state index contributed by atoms with van der Waals surface area (Å²) in [6.45, 7) is 0.614. The number of carbonyl (C=O) groups excluding carboxylic acids is 1. The molecule has 1 aromatic rings. The van der Waals surface area contributed by atoms with Crippen LogP contribution >= 0.6 is 0 Å². The maximum atomic E-state index is 11.2. The van der Waals surface area contributed by atoms with E-state index in [1.54, 1.807) is 13.4 Å². The first-order valence-electron chi connectivity index (χ1n) is 6.58. The van der Waals surface area contributed by atoms with Crippen LogP contribution in [-0.2, 0) is 17.6 Å². The Hall–Kier alpha value is -1.65. The van der Waals surface area contributed by atoms with Crippen LogP contribution in [0.1, 0.15) is 36.9 Å². The van der Waals surface area contributed by atoms with Crippen molar-refractivity contribution in [1.29, 1.82) is 0 Å². The van der Waals surface area contributed by atoms with E-state index in [0.717, 1.165) is 18.7 Å². The third kappa shape index (κ3) is 3.18. The van der Waals surface area contributed by atoms with Crippen LogP contribution in [0.4, 0.5) is 5.82 Å². The molecule has 2 N–H and O–H groups in total. The maximum Gasteiger partial charge on any atom is 0.221 e. The van der Waals surface area contributed by atoms with Gasteiger partial charge in [-0.2, -0.15) is 0 Å². The Bertz CT molecular complexity index is 419. The summed E-state index contributed by atoms with van der Waals surface area (Å²) in [4.78, 5) is 19.8. The number of hydrogen-bond donors (Lipinski definition) is 2. The first-order valence-corrected chi connectivity index (χ1v) is 6.58. The Morgan fingerprint density at radius 3 is 2.94 bits per heavy atom. The molecule has 0 atom stereocenters. The second-order valence-corrected chi connectivity index (χ2v) is 4.56. The summed E-state index contributed by atoms with van der Waals surface area (Å²) >= 11 is 0. The Labute approximate surface area is 107 Å². The minimum absolute atomic E-state index is 0.0441. The molecule has 18 heavy (non-hydrogen) atoms. The van der Waals surface area contributed by atoms with Crippen LogP contribution in [0.3, 0.4) is 0 Å². The van der Waals surface area contributed by atoms with Gasteiger partial charge in [0.15, 0.2) is 0 Å². The van der Waals surface area contributed by atoms with Gasteiger partial charge in [-0.3, -0.25) is 4.79 Å². The fourth-order valence-corrected chi connectivity index (χ4v) is 2.27. The highest BCUT2D eigenvalue weighted by atomic mass is 16.1. The van der Waals surface area contributed by atoms with Gasteiger partial charge >= 0.3 is 0 Å². The highest BCUT2D eigenvalue weighted by Gasteiger charge is 2.14. The number of anilines is 1. The fraction of sp³-hybridized carbons (Fsp3) is 0.615. The molecule has 0 saturated heterocycles. The van der Waals surface area contributed by atoms with Crippen molar-refractivity contribution in [3.8, 4) is 0 Å². The molecule has 0 spiro atoms. The summed E-state index contributed by atoms with van der Waals surface area (Å²) in [5.41, 5.74) is 2.41. The number of hydrogen-bond acceptors (Lipinski definition) is 4. The van der Waals surface area contributed by atoms with Gasteiger partial charge in [0.05, 0.1) is 0 Å². The normalized spacial score (nSPS) is 14.5. The summed E-state index contributed by atoms with van der Waals surface area (Å²) in [6, 6.07) is 0. The molecule has 1 aliphatic carbocycles. The fourth-order valence-electron chi connectivity index (χ4n) is 2.27. The molecule has 0 aromatic carbocycles. The summed E-state index contributed by atoms with van der Waals surface area (Å²) in [5.74, 6) is 0.952. The van der Waals surface area contributed by atoms with Crippen LogP contribution in [0.2, 0.25) is 0 Å². The molecule has 5 heteroatoms. The number of amides is 1. The topological polar surface area (TPSA) is 66.9 Å². The van der Waals surface area contributed by atoms with Gasteiger partial charge in [-0.25, -0.2) is 9.97 Å². The number of nitrogens with zero attached hydrogens (tertiary/aromatic N) is 2. The zero-order chi connectivity index (χ0) is 12.8. The first kappa shape index (κ1) is 12.8. The Kier molecular flexibility index (Phi) is 4.50. The predicted octanol–water partition coefficient (Wildman–Crippen LogP) is 1.29. The molecule has 1 aliphatic rings. The first-order chi connectivity index (χ1) is 8.81. The molecule has 0 unspecified atom stereocenters. The number of aromatic nitrogens is 2. The zero-order valence-electron chi connectivity index (χ0n) is 10.8. The largest absolute Gasteiger partial charge is 0.369 e. The van der Waals surface area contributed by atoms with Crippen molar-refractivity contribution < 1.29 is 4.79 Å². The molecule has 1 amide bonds. The molecule has 0 saturated carbocycles. The third-order valence-corrected chi connectivity index (χ3v) is 3.30. The van der Waals surface area contributed by atoms with E-state index in [-0.39, 0.29) is 5.91 Å². The number of nitrogens with one attached hydrogen (secondary N) is 2. The van der Waals surface area contributed by atoms with Crippen LogP contribution in [0.25, 0.3) is 0 Å². The number of rotatable bonds is 4. The zero-order valence-corrected chi connectivity index (χ0v) is 10.8. The van der Waals surface area contributed by atoms with Crippen molar-refractivity contribution in [2.24, 2.45) is 0 Å². The van der Waals surface area contributed by atoms with Gasteiger partial charge in [-0.1, -0.05) is 6.42 Å². The van der Waals surface area contributed by atoms with Crippen LogP contribution in [0.5, 0.6) is 0 Å². The smallest absolute Gasteiger partial charge is 0.221 e. The highest BCUT2D eigenvalue weighted by molar-refractivity contribution is 5.76. The molecule has 0 bridgehead atoms. The molecule has 0 aliphatic heterocycles. The highest BCUT2D eigenvalue weighted by Crippen LogP contribution is 2.23. The summed E-state index contributed by atoms with van der Waals surface area (Å²) in [6.07, 6.45) is 7.84. The van der Waals surface area contributed by atoms with Gasteiger partial charge in [0.2, 0.25) is 5.91 Å². The van der Waals surface area contributed by atoms with E-state index in [9.17, 15) is 4.79 Å². The van der Waals surface area contributed by atoms with Crippen LogP contribution in [-0.4, -0.2) is 29.5 Å². The van der Waals surface area contributed by atoms with E-state index < -0.39 is 0 Å². The summed E-state index contributed by atoms with van der Waals surface area (Å²) in [7, 11) is 1.65. The molecule has 5 nitrogen and oxygen atoms in total. The minimum Gasteiger partial charge on any atom is -0.369 e. The van der Waals surface area contributed by atoms with Crippen LogP contribution in [0, 0.1) is 0 Å². The standard InChI is InChI=1S/C13H20N4O/c1-14-12(18)7-8-15-13-10-5-3-2-4-6-11(10)16-9-17-13/h9H,2-8H2,1H3,(H,14,18)(H,15,16,17). The maximum absolute atomic E-state index is 11.2. The van der Waals surface area contributed by atoms with Crippen molar-refractivity contribution in [2.75, 3.05) is 18.9 Å². The van der Waals surface area contributed by atoms with Crippen LogP contribution < -0.4 is 10.6 Å². The third-order valence-electron chi connectivity index (χ3n) is 3.30. The minimum atomic E-state index is 0.0441. The van der Waals surface area contributed by atoms with E-state index in [4.69, 9.17) is 0 Å². The van der Waals surface area contributed by atoms with Crippen molar-refractivity contribution in [3.63, 3.8) is 0 Å². The second-order valence-electron chi connectivity index (χ2n) is 4.56. The molecular weight excluding hydrogens is 228 g/mol. The lowest BCUT2D eigenvalue weighted by atomic mass is 10.1. The molecule has 1 heterocycles. The van der Waals surface area contributed by atoms with Gasteiger partial charge in [0, 0.05) is 31.3 Å². The average molecular weight is 248 g/mol. The van der Waals surface area contributed by atoms with E-state index in [1.807, 2.05) is 0 Å². The van der Waals surface area contributed by atoms with Crippen molar-refractivity contribution >= 4 is 11.7 Å². The number of carbonyl (C=O) groups is 1. The Balaban J connectivity index is 2.02. The van der Waals surface area contributed by atoms with E-state index in [2.05, 4.69) is 20.6 Å². The van der Waals surface area contributed by atoms with Crippen LogP contribution in [0.15, 0.2) is 6.33 Å². The van der Waals surface area contributed by atoms with E-state index >= 15 is 0 Å². The van der Waals surface area contributed by atoms with Gasteiger partial charge in [-0.05, 0) is 25.7 Å². The second kappa shape index (κ2) is 6.33. The van der Waals surface area contributed by atoms with Gasteiger partial charge in [0.25, 0.3) is 0 Å². The average Bonchev–Trinajstić information content (AvgIpc) is 2.64. The van der Waals surface area contributed by atoms with Crippen molar-refractivity contribution in [1.82, 2.24) is 15.3 Å². The summed E-state index contributed by atoms with van der Waals surface area (Å²) < 4.78 is 0.